The summed E-state index contributed by atoms with van der Waals surface area (Å²) in [6.45, 7) is 0.627. The van der Waals surface area contributed by atoms with Gasteiger partial charge in [0.15, 0.2) is 5.69 Å². The Morgan fingerprint density at radius 1 is 1.31 bits per heavy atom. The van der Waals surface area contributed by atoms with Crippen LogP contribution in [-0.2, 0) is 11.2 Å². The Labute approximate surface area is 164 Å². The molecule has 4 aromatic heterocycles. The highest BCUT2D eigenvalue weighted by molar-refractivity contribution is 5.86. The fourth-order valence-corrected chi connectivity index (χ4v) is 3.64. The van der Waals surface area contributed by atoms with Crippen LogP contribution in [0.25, 0.3) is 5.52 Å². The summed E-state index contributed by atoms with van der Waals surface area (Å²) in [4.78, 5) is 29.8. The Hall–Kier alpha value is -3.82. The summed E-state index contributed by atoms with van der Waals surface area (Å²) in [5, 5.41) is 4.57. The molecular formula is C19H16FN7O2. The zero-order valence-corrected chi connectivity index (χ0v) is 15.4. The van der Waals surface area contributed by atoms with E-state index in [4.69, 9.17) is 0 Å². The van der Waals surface area contributed by atoms with Gasteiger partial charge >= 0.3 is 5.97 Å². The first-order chi connectivity index (χ1) is 14.2. The first kappa shape index (κ1) is 17.3. The van der Waals surface area contributed by atoms with Crippen LogP contribution in [0.5, 0.6) is 0 Å². The number of hydrogen-bond donors (Lipinski definition) is 1. The number of nitrogens with zero attached hydrogens (tertiary/aromatic N) is 6. The molecule has 0 radical (unpaired) electrons. The predicted octanol–water partition coefficient (Wildman–Crippen LogP) is 1.93. The van der Waals surface area contributed by atoms with E-state index in [0.717, 1.165) is 17.8 Å². The fraction of sp³-hybridized carbons (Fsp3) is 0.211. The van der Waals surface area contributed by atoms with Crippen LogP contribution in [0.2, 0.25) is 0 Å². The molecule has 1 atom stereocenters. The van der Waals surface area contributed by atoms with Gasteiger partial charge in [0.25, 0.3) is 0 Å². The number of esters is 1. The van der Waals surface area contributed by atoms with Crippen molar-refractivity contribution in [1.29, 1.82) is 0 Å². The Morgan fingerprint density at radius 3 is 2.97 bits per heavy atom. The Morgan fingerprint density at radius 2 is 2.21 bits per heavy atom. The molecular weight excluding hydrogens is 377 g/mol. The Balaban J connectivity index is 1.60. The molecule has 0 amide bonds. The number of ether oxygens (including phenoxy) is 1. The van der Waals surface area contributed by atoms with Crippen molar-refractivity contribution < 1.29 is 13.9 Å². The minimum Gasteiger partial charge on any atom is -0.464 e. The molecule has 0 spiro atoms. The van der Waals surface area contributed by atoms with Crippen molar-refractivity contribution in [3.8, 4) is 0 Å². The number of aromatic nitrogens is 6. The molecule has 1 aliphatic heterocycles. The zero-order chi connectivity index (χ0) is 20.0. The van der Waals surface area contributed by atoms with Crippen LogP contribution in [0, 0.1) is 5.82 Å². The molecule has 10 heteroatoms. The molecule has 29 heavy (non-hydrogen) atoms. The molecule has 9 nitrogen and oxygen atoms in total. The summed E-state index contributed by atoms with van der Waals surface area (Å²) >= 11 is 0. The van der Waals surface area contributed by atoms with Gasteiger partial charge in [0.1, 0.15) is 23.2 Å². The minimum atomic E-state index is -0.551. The molecule has 0 aromatic carbocycles. The van der Waals surface area contributed by atoms with Crippen molar-refractivity contribution >= 4 is 17.3 Å². The number of rotatable bonds is 3. The number of aromatic amines is 1. The second-order valence-electron chi connectivity index (χ2n) is 6.62. The molecule has 0 aliphatic carbocycles. The van der Waals surface area contributed by atoms with Crippen LogP contribution >= 0.6 is 0 Å². The molecule has 1 aliphatic rings. The summed E-state index contributed by atoms with van der Waals surface area (Å²) in [7, 11) is 1.29. The van der Waals surface area contributed by atoms with Crippen molar-refractivity contribution in [2.75, 3.05) is 18.6 Å². The number of fused-ring (bicyclic) bond motifs is 2. The normalized spacial score (nSPS) is 16.1. The van der Waals surface area contributed by atoms with Crippen LogP contribution in [-0.4, -0.2) is 49.2 Å². The van der Waals surface area contributed by atoms with E-state index in [1.165, 1.54) is 30.1 Å². The molecule has 0 saturated carbocycles. The van der Waals surface area contributed by atoms with Crippen LogP contribution in [0.1, 0.15) is 33.6 Å². The molecule has 0 fully saturated rings. The molecule has 0 unspecified atom stereocenters. The summed E-state index contributed by atoms with van der Waals surface area (Å²) in [6, 6.07) is 4.35. The van der Waals surface area contributed by atoms with Crippen LogP contribution in [0.3, 0.4) is 0 Å². The summed E-state index contributed by atoms with van der Waals surface area (Å²) in [5.41, 5.74) is 2.96. The van der Waals surface area contributed by atoms with Gasteiger partial charge in [-0.1, -0.05) is 0 Å². The van der Waals surface area contributed by atoms with Gasteiger partial charge in [-0.3, -0.25) is 0 Å². The van der Waals surface area contributed by atoms with E-state index < -0.39 is 5.97 Å². The number of carbonyl (C=O) groups is 1. The van der Waals surface area contributed by atoms with Crippen LogP contribution in [0.15, 0.2) is 43.1 Å². The number of halogens is 1. The predicted molar refractivity (Wildman–Crippen MR) is 100 cm³/mol. The fourth-order valence-electron chi connectivity index (χ4n) is 3.64. The number of pyridine rings is 1. The minimum absolute atomic E-state index is 0.125. The number of H-pyrrole nitrogens is 1. The van der Waals surface area contributed by atoms with E-state index in [2.05, 4.69) is 29.8 Å². The maximum atomic E-state index is 14.2. The average Bonchev–Trinajstić information content (AvgIpc) is 3.40. The van der Waals surface area contributed by atoms with Gasteiger partial charge in [-0.05, 0) is 18.2 Å². The number of nitrogens with one attached hydrogen (secondary N) is 1. The van der Waals surface area contributed by atoms with Crippen molar-refractivity contribution in [2.24, 2.45) is 0 Å². The Kier molecular flexibility index (Phi) is 3.97. The summed E-state index contributed by atoms with van der Waals surface area (Å²) in [6.07, 6.45) is 6.97. The highest BCUT2D eigenvalue weighted by Crippen LogP contribution is 2.35. The van der Waals surface area contributed by atoms with Gasteiger partial charge in [0.2, 0.25) is 0 Å². The maximum Gasteiger partial charge on any atom is 0.358 e. The van der Waals surface area contributed by atoms with Crippen molar-refractivity contribution in [1.82, 2.24) is 29.5 Å². The number of hydrogen-bond acceptors (Lipinski definition) is 7. The highest BCUT2D eigenvalue weighted by Gasteiger charge is 2.34. The lowest BCUT2D eigenvalue weighted by Crippen LogP contribution is -2.37. The monoisotopic (exact) mass is 393 g/mol. The topological polar surface area (TPSA) is 101 Å². The number of methoxy groups -OCH3 is 1. The first-order valence-electron chi connectivity index (χ1n) is 8.98. The van der Waals surface area contributed by atoms with Gasteiger partial charge < -0.3 is 14.6 Å². The lowest BCUT2D eigenvalue weighted by molar-refractivity contribution is 0.0593. The number of carbonyl (C=O) groups excluding carboxylic acids is 1. The Bertz CT molecular complexity index is 1200. The van der Waals surface area contributed by atoms with E-state index in [-0.39, 0.29) is 17.6 Å². The maximum absolute atomic E-state index is 14.2. The molecule has 4 aromatic rings. The van der Waals surface area contributed by atoms with E-state index in [9.17, 15) is 9.18 Å². The largest absolute Gasteiger partial charge is 0.464 e. The van der Waals surface area contributed by atoms with Crippen molar-refractivity contribution in [3.05, 3.63) is 71.7 Å². The quantitative estimate of drug-likeness (QED) is 0.531. The molecule has 0 bridgehead atoms. The molecule has 5 heterocycles. The van der Waals surface area contributed by atoms with Crippen LogP contribution < -0.4 is 4.90 Å². The van der Waals surface area contributed by atoms with E-state index in [0.29, 0.717) is 23.6 Å². The SMILES string of the molecule is COC(=O)c1cnc(N2CCc3[nH]cnc3[C@H]2c2cc3c(F)cccn3n2)cn1. The van der Waals surface area contributed by atoms with Gasteiger partial charge in [0.05, 0.1) is 37.2 Å². The third-order valence-corrected chi connectivity index (χ3v) is 5.00. The van der Waals surface area contributed by atoms with Gasteiger partial charge in [-0.25, -0.2) is 28.7 Å². The van der Waals surface area contributed by atoms with E-state index >= 15 is 0 Å². The smallest absolute Gasteiger partial charge is 0.358 e. The second-order valence-corrected chi connectivity index (χ2v) is 6.62. The van der Waals surface area contributed by atoms with Crippen LogP contribution in [0.4, 0.5) is 10.2 Å². The van der Waals surface area contributed by atoms with Crippen molar-refractivity contribution in [3.63, 3.8) is 0 Å². The van der Waals surface area contributed by atoms with E-state index in [1.54, 1.807) is 24.7 Å². The molecule has 1 N–H and O–H groups in total. The summed E-state index contributed by atoms with van der Waals surface area (Å²) < 4.78 is 20.4. The molecule has 0 saturated heterocycles. The average molecular weight is 393 g/mol. The van der Waals surface area contributed by atoms with Gasteiger partial charge in [-0.15, -0.1) is 0 Å². The third-order valence-electron chi connectivity index (χ3n) is 5.00. The number of imidazole rings is 1. The second kappa shape index (κ2) is 6.66. The molecule has 5 rings (SSSR count). The highest BCUT2D eigenvalue weighted by atomic mass is 19.1. The lowest BCUT2D eigenvalue weighted by Gasteiger charge is -2.34. The zero-order valence-electron chi connectivity index (χ0n) is 15.4. The third kappa shape index (κ3) is 2.80. The lowest BCUT2D eigenvalue weighted by atomic mass is 10.00. The van der Waals surface area contributed by atoms with Gasteiger partial charge in [-0.2, -0.15) is 5.10 Å². The van der Waals surface area contributed by atoms with Gasteiger partial charge in [0, 0.05) is 24.9 Å². The van der Waals surface area contributed by atoms with Crippen molar-refractivity contribution in [2.45, 2.75) is 12.5 Å². The molecule has 146 valence electrons. The number of anilines is 1. The standard InChI is InChI=1S/C19H16FN7O2/c1-29-19(28)14-8-22-16(9-21-14)26-6-4-12-17(24-10-23-12)18(26)13-7-15-11(20)3-2-5-27(15)25-13/h2-3,5,7-10,18H,4,6H2,1H3,(H,23,24)/t18-/m1/s1. The first-order valence-corrected chi connectivity index (χ1v) is 8.98. The summed E-state index contributed by atoms with van der Waals surface area (Å²) in [5.74, 6) is -0.337. The van der Waals surface area contributed by atoms with E-state index in [1.807, 2.05) is 4.90 Å².